The highest BCUT2D eigenvalue weighted by Gasteiger charge is 2.08. The molecule has 0 aliphatic heterocycles. The summed E-state index contributed by atoms with van der Waals surface area (Å²) in [4.78, 5) is 22.0. The lowest BCUT2D eigenvalue weighted by atomic mass is 10.2. The van der Waals surface area contributed by atoms with Crippen molar-refractivity contribution in [3.8, 4) is 0 Å². The van der Waals surface area contributed by atoms with Crippen LogP contribution in [0.15, 0.2) is 30.7 Å². The van der Waals surface area contributed by atoms with E-state index in [0.717, 1.165) is 11.5 Å². The van der Waals surface area contributed by atoms with Gasteiger partial charge in [-0.1, -0.05) is 0 Å². The van der Waals surface area contributed by atoms with Crippen LogP contribution in [0.2, 0.25) is 0 Å². The van der Waals surface area contributed by atoms with Crippen molar-refractivity contribution in [3.63, 3.8) is 0 Å². The lowest BCUT2D eigenvalue weighted by Gasteiger charge is -2.12. The topological polar surface area (TPSA) is 96.7 Å². The lowest BCUT2D eigenvalue weighted by Crippen LogP contribution is -2.14. The molecule has 0 aliphatic carbocycles. The molecular weight excluding hydrogens is 218 g/mol. The second-order valence-corrected chi connectivity index (χ2v) is 3.63. The van der Waals surface area contributed by atoms with Gasteiger partial charge in [0.2, 0.25) is 0 Å². The zero-order chi connectivity index (χ0) is 12.3. The van der Waals surface area contributed by atoms with Gasteiger partial charge in [0.15, 0.2) is 0 Å². The largest absolute Gasteiger partial charge is 0.375 e. The van der Waals surface area contributed by atoms with Crippen LogP contribution >= 0.6 is 0 Å². The van der Waals surface area contributed by atoms with E-state index in [2.05, 4.69) is 20.3 Å². The first kappa shape index (κ1) is 11.1. The molecule has 2 rings (SSSR count). The van der Waals surface area contributed by atoms with E-state index in [9.17, 15) is 4.79 Å². The summed E-state index contributed by atoms with van der Waals surface area (Å²) in [6, 6.07) is 3.39. The second-order valence-electron chi connectivity index (χ2n) is 3.63. The quantitative estimate of drug-likeness (QED) is 0.733. The van der Waals surface area contributed by atoms with Gasteiger partial charge in [0.25, 0.3) is 5.91 Å². The third-order valence-electron chi connectivity index (χ3n) is 2.33. The Morgan fingerprint density at radius 3 is 2.94 bits per heavy atom. The third-order valence-corrected chi connectivity index (χ3v) is 2.33. The summed E-state index contributed by atoms with van der Waals surface area (Å²) < 4.78 is 0. The Labute approximate surface area is 98.3 Å². The van der Waals surface area contributed by atoms with Crippen LogP contribution in [0, 0.1) is 0 Å². The average molecular weight is 231 g/mol. The molecule has 4 N–H and O–H groups in total. The molecule has 0 radical (unpaired) electrons. The van der Waals surface area contributed by atoms with Gasteiger partial charge < -0.3 is 16.0 Å². The van der Waals surface area contributed by atoms with Crippen LogP contribution in [-0.2, 0) is 0 Å². The molecule has 6 nitrogen and oxygen atoms in total. The number of hydrogen-bond acceptors (Lipinski definition) is 4. The minimum absolute atomic E-state index is 0.00752. The summed E-state index contributed by atoms with van der Waals surface area (Å²) in [6.45, 7) is 1.96. The highest BCUT2D eigenvalue weighted by atomic mass is 16.1. The van der Waals surface area contributed by atoms with Crippen LogP contribution in [0.3, 0.4) is 0 Å². The van der Waals surface area contributed by atoms with Crippen LogP contribution in [0.5, 0.6) is 0 Å². The van der Waals surface area contributed by atoms with Crippen LogP contribution in [0.1, 0.15) is 29.3 Å². The first-order chi connectivity index (χ1) is 8.16. The Kier molecular flexibility index (Phi) is 3.04. The number of aromatic amines is 1. The molecular formula is C11H13N5O. The van der Waals surface area contributed by atoms with Gasteiger partial charge in [-0.15, -0.1) is 0 Å². The molecule has 0 spiro atoms. The molecule has 1 amide bonds. The van der Waals surface area contributed by atoms with Crippen molar-refractivity contribution in [2.24, 2.45) is 5.73 Å². The van der Waals surface area contributed by atoms with E-state index in [1.165, 1.54) is 6.20 Å². The van der Waals surface area contributed by atoms with Gasteiger partial charge in [-0.05, 0) is 19.1 Å². The first-order valence-electron chi connectivity index (χ1n) is 5.18. The van der Waals surface area contributed by atoms with E-state index < -0.39 is 5.91 Å². The van der Waals surface area contributed by atoms with Crippen LogP contribution < -0.4 is 11.1 Å². The van der Waals surface area contributed by atoms with Crippen molar-refractivity contribution in [2.45, 2.75) is 13.0 Å². The monoisotopic (exact) mass is 231 g/mol. The molecule has 6 heteroatoms. The van der Waals surface area contributed by atoms with Crippen molar-refractivity contribution >= 4 is 11.6 Å². The van der Waals surface area contributed by atoms with Gasteiger partial charge in [0, 0.05) is 24.3 Å². The van der Waals surface area contributed by atoms with Crippen molar-refractivity contribution in [1.82, 2.24) is 15.0 Å². The Hall–Kier alpha value is -2.37. The Morgan fingerprint density at radius 1 is 1.47 bits per heavy atom. The Morgan fingerprint density at radius 2 is 2.29 bits per heavy atom. The zero-order valence-corrected chi connectivity index (χ0v) is 9.34. The fraction of sp³-hybridized carbons (Fsp3) is 0.182. The van der Waals surface area contributed by atoms with Gasteiger partial charge in [-0.2, -0.15) is 0 Å². The average Bonchev–Trinajstić information content (AvgIpc) is 2.82. The molecule has 2 aromatic heterocycles. The number of rotatable bonds is 4. The molecule has 0 saturated carbocycles. The maximum absolute atomic E-state index is 11.0. The summed E-state index contributed by atoms with van der Waals surface area (Å²) in [5.41, 5.74) is 6.17. The highest BCUT2D eigenvalue weighted by molar-refractivity contribution is 5.91. The Balaban J connectivity index is 2.13. The van der Waals surface area contributed by atoms with Gasteiger partial charge >= 0.3 is 0 Å². The maximum atomic E-state index is 11.0. The molecule has 88 valence electrons. The predicted octanol–water partition coefficient (Wildman–Crippen LogP) is 1.08. The number of aromatic nitrogens is 3. The third kappa shape index (κ3) is 2.60. The summed E-state index contributed by atoms with van der Waals surface area (Å²) in [5, 5.41) is 3.20. The van der Waals surface area contributed by atoms with E-state index in [1.807, 2.05) is 6.92 Å². The normalized spacial score (nSPS) is 12.1. The van der Waals surface area contributed by atoms with Crippen molar-refractivity contribution in [3.05, 3.63) is 42.2 Å². The molecule has 0 aliphatic rings. The van der Waals surface area contributed by atoms with Crippen LogP contribution in [0.4, 0.5) is 5.69 Å². The number of nitrogens with zero attached hydrogens (tertiary/aromatic N) is 2. The molecule has 17 heavy (non-hydrogen) atoms. The SMILES string of the molecule is CC(Nc1ccnc(C(N)=O)c1)c1ncc[nH]1. The van der Waals surface area contributed by atoms with Crippen molar-refractivity contribution < 1.29 is 4.79 Å². The van der Waals surface area contributed by atoms with Crippen molar-refractivity contribution in [2.75, 3.05) is 5.32 Å². The van der Waals surface area contributed by atoms with Gasteiger partial charge in [0.05, 0.1) is 6.04 Å². The number of carbonyl (C=O) groups is 1. The number of amides is 1. The fourth-order valence-corrected chi connectivity index (χ4v) is 1.49. The molecule has 0 saturated heterocycles. The Bertz CT molecular complexity index is 508. The van der Waals surface area contributed by atoms with E-state index in [1.54, 1.807) is 24.5 Å². The number of nitrogens with one attached hydrogen (secondary N) is 2. The molecule has 2 heterocycles. The fourth-order valence-electron chi connectivity index (χ4n) is 1.49. The summed E-state index contributed by atoms with van der Waals surface area (Å²) >= 11 is 0. The molecule has 0 fully saturated rings. The number of nitrogens with two attached hydrogens (primary N) is 1. The number of H-pyrrole nitrogens is 1. The van der Waals surface area contributed by atoms with E-state index >= 15 is 0 Å². The lowest BCUT2D eigenvalue weighted by molar-refractivity contribution is 0.0995. The minimum atomic E-state index is -0.542. The standard InChI is InChI=1S/C11H13N5O/c1-7(11-14-4-5-15-11)16-8-2-3-13-9(6-8)10(12)17/h2-7H,1H3,(H2,12,17)(H,13,16)(H,14,15). The zero-order valence-electron chi connectivity index (χ0n) is 9.34. The smallest absolute Gasteiger partial charge is 0.267 e. The summed E-state index contributed by atoms with van der Waals surface area (Å²) in [6.07, 6.45) is 4.99. The number of primary amides is 1. The molecule has 0 bridgehead atoms. The second kappa shape index (κ2) is 4.65. The van der Waals surface area contributed by atoms with Crippen LogP contribution in [-0.4, -0.2) is 20.9 Å². The molecule has 1 atom stereocenters. The van der Waals surface area contributed by atoms with E-state index in [4.69, 9.17) is 5.73 Å². The van der Waals surface area contributed by atoms with Gasteiger partial charge in [0.1, 0.15) is 11.5 Å². The number of carbonyl (C=O) groups excluding carboxylic acids is 1. The number of pyridine rings is 1. The first-order valence-corrected chi connectivity index (χ1v) is 5.18. The molecule has 2 aromatic rings. The van der Waals surface area contributed by atoms with Gasteiger partial charge in [-0.3, -0.25) is 9.78 Å². The number of hydrogen-bond donors (Lipinski definition) is 3. The van der Waals surface area contributed by atoms with E-state index in [-0.39, 0.29) is 11.7 Å². The minimum Gasteiger partial charge on any atom is -0.375 e. The predicted molar refractivity (Wildman–Crippen MR) is 63.4 cm³/mol. The number of imidazole rings is 1. The summed E-state index contributed by atoms with van der Waals surface area (Å²) in [5.74, 6) is 0.279. The molecule has 0 aromatic carbocycles. The highest BCUT2D eigenvalue weighted by Crippen LogP contribution is 2.16. The van der Waals surface area contributed by atoms with Gasteiger partial charge in [-0.25, -0.2) is 4.98 Å². The number of anilines is 1. The maximum Gasteiger partial charge on any atom is 0.267 e. The van der Waals surface area contributed by atoms with Crippen LogP contribution in [0.25, 0.3) is 0 Å². The van der Waals surface area contributed by atoms with Crippen molar-refractivity contribution in [1.29, 1.82) is 0 Å². The summed E-state index contributed by atoms with van der Waals surface area (Å²) in [7, 11) is 0. The van der Waals surface area contributed by atoms with E-state index in [0.29, 0.717) is 0 Å². The molecule has 1 unspecified atom stereocenters.